The van der Waals surface area contributed by atoms with Crippen LogP contribution in [0.2, 0.25) is 0 Å². The van der Waals surface area contributed by atoms with E-state index in [0.29, 0.717) is 19.6 Å². The van der Waals surface area contributed by atoms with E-state index in [0.717, 1.165) is 38.5 Å². The Morgan fingerprint density at radius 1 is 0.733 bits per heavy atom. The zero-order valence-electron chi connectivity index (χ0n) is 20.6. The Labute approximate surface area is 188 Å². The Morgan fingerprint density at radius 3 is 1.83 bits per heavy atom. The van der Waals surface area contributed by atoms with Gasteiger partial charge in [0.05, 0.1) is 13.2 Å². The van der Waals surface area contributed by atoms with E-state index < -0.39 is 0 Å². The Kier molecular flexibility index (Phi) is 22.6. The molecule has 0 rings (SSSR count). The van der Waals surface area contributed by atoms with Crippen molar-refractivity contribution in [1.82, 2.24) is 0 Å². The molecule has 0 fully saturated rings. The lowest BCUT2D eigenvalue weighted by molar-refractivity contribution is -0.150. The van der Waals surface area contributed by atoms with Crippen molar-refractivity contribution in [2.45, 2.75) is 148 Å². The van der Waals surface area contributed by atoms with Gasteiger partial charge in [0.1, 0.15) is 6.10 Å². The summed E-state index contributed by atoms with van der Waals surface area (Å²) in [4.78, 5) is 12.3. The molecule has 0 spiro atoms. The number of rotatable bonds is 23. The average molecular weight is 428 g/mol. The van der Waals surface area contributed by atoms with Crippen LogP contribution in [0.15, 0.2) is 0 Å². The minimum Gasteiger partial charge on any atom is -0.462 e. The third kappa shape index (κ3) is 20.7. The maximum Gasteiger partial charge on any atom is 0.306 e. The summed E-state index contributed by atoms with van der Waals surface area (Å²) in [6.45, 7) is 7.77. The monoisotopic (exact) mass is 427 g/mol. The van der Waals surface area contributed by atoms with Gasteiger partial charge in [-0.1, -0.05) is 97.8 Å². The maximum absolute atomic E-state index is 12.3. The first-order valence-electron chi connectivity index (χ1n) is 13.2. The second-order valence-corrected chi connectivity index (χ2v) is 8.93. The van der Waals surface area contributed by atoms with E-state index in [1.54, 1.807) is 0 Å². The molecule has 0 amide bonds. The minimum absolute atomic E-state index is 0.00413. The predicted molar refractivity (Wildman–Crippen MR) is 129 cm³/mol. The van der Waals surface area contributed by atoms with Crippen LogP contribution in [0, 0.1) is 0 Å². The summed E-state index contributed by atoms with van der Waals surface area (Å²) >= 11 is 0. The fraction of sp³-hybridized carbons (Fsp3) is 0.962. The van der Waals surface area contributed by atoms with E-state index in [4.69, 9.17) is 15.2 Å². The largest absolute Gasteiger partial charge is 0.462 e. The summed E-state index contributed by atoms with van der Waals surface area (Å²) < 4.78 is 11.5. The van der Waals surface area contributed by atoms with Crippen LogP contribution in [-0.4, -0.2) is 31.3 Å². The average Bonchev–Trinajstić information content (AvgIpc) is 2.74. The highest BCUT2D eigenvalue weighted by Crippen LogP contribution is 2.15. The predicted octanol–water partition coefficient (Wildman–Crippen LogP) is 7.32. The normalized spacial score (nSPS) is 13.3. The van der Waals surface area contributed by atoms with Gasteiger partial charge >= 0.3 is 5.97 Å². The fourth-order valence-electron chi connectivity index (χ4n) is 3.63. The van der Waals surface area contributed by atoms with Gasteiger partial charge in [-0.15, -0.1) is 0 Å². The molecule has 0 aliphatic carbocycles. The Balaban J connectivity index is 3.96. The van der Waals surface area contributed by atoms with Gasteiger partial charge in [0.15, 0.2) is 0 Å². The van der Waals surface area contributed by atoms with Crippen LogP contribution >= 0.6 is 0 Å². The second-order valence-electron chi connectivity index (χ2n) is 8.93. The Morgan fingerprint density at radius 2 is 1.27 bits per heavy atom. The fourth-order valence-corrected chi connectivity index (χ4v) is 3.63. The van der Waals surface area contributed by atoms with E-state index >= 15 is 0 Å². The topological polar surface area (TPSA) is 61.5 Å². The molecule has 0 aliphatic rings. The zero-order valence-corrected chi connectivity index (χ0v) is 20.6. The molecule has 0 saturated carbocycles. The van der Waals surface area contributed by atoms with Gasteiger partial charge < -0.3 is 15.2 Å². The first kappa shape index (κ1) is 29.4. The number of nitrogens with two attached hydrogens (primary N) is 1. The van der Waals surface area contributed by atoms with Gasteiger partial charge in [-0.3, -0.25) is 4.79 Å². The van der Waals surface area contributed by atoms with Crippen molar-refractivity contribution in [3.8, 4) is 0 Å². The second kappa shape index (κ2) is 23.1. The van der Waals surface area contributed by atoms with Crippen LogP contribution in [-0.2, 0) is 14.3 Å². The Hall–Kier alpha value is -0.610. The minimum atomic E-state index is -0.0261. The van der Waals surface area contributed by atoms with Crippen molar-refractivity contribution in [3.05, 3.63) is 0 Å². The number of hydrogen-bond acceptors (Lipinski definition) is 4. The van der Waals surface area contributed by atoms with Gasteiger partial charge in [0.2, 0.25) is 0 Å². The van der Waals surface area contributed by atoms with Crippen LogP contribution in [0.5, 0.6) is 0 Å². The summed E-state index contributed by atoms with van der Waals surface area (Å²) in [5.74, 6) is -0.0261. The molecule has 0 radical (unpaired) electrons. The summed E-state index contributed by atoms with van der Waals surface area (Å²) in [5, 5.41) is 0. The van der Waals surface area contributed by atoms with Crippen molar-refractivity contribution in [1.29, 1.82) is 0 Å². The SMILES string of the molecule is CCCCCCCCCCCC(=O)OC(CCCCCCC)CCOCC(N)CC. The summed E-state index contributed by atoms with van der Waals surface area (Å²) in [5.41, 5.74) is 5.91. The van der Waals surface area contributed by atoms with Gasteiger partial charge in [-0.05, 0) is 25.7 Å². The summed E-state index contributed by atoms with van der Waals surface area (Å²) in [6, 6.07) is 0.103. The van der Waals surface area contributed by atoms with Crippen LogP contribution in [0.25, 0.3) is 0 Å². The van der Waals surface area contributed by atoms with E-state index in [-0.39, 0.29) is 18.1 Å². The molecule has 180 valence electrons. The lowest BCUT2D eigenvalue weighted by atomic mass is 10.1. The van der Waals surface area contributed by atoms with Crippen molar-refractivity contribution in [2.75, 3.05) is 13.2 Å². The molecule has 0 aliphatic heterocycles. The van der Waals surface area contributed by atoms with E-state index in [1.807, 2.05) is 0 Å². The maximum atomic E-state index is 12.3. The van der Waals surface area contributed by atoms with Gasteiger partial charge in [-0.25, -0.2) is 0 Å². The molecule has 4 nitrogen and oxygen atoms in total. The number of ether oxygens (including phenoxy) is 2. The highest BCUT2D eigenvalue weighted by molar-refractivity contribution is 5.69. The number of carbonyl (C=O) groups is 1. The summed E-state index contributed by atoms with van der Waals surface area (Å²) in [7, 11) is 0. The molecule has 30 heavy (non-hydrogen) atoms. The molecule has 0 heterocycles. The van der Waals surface area contributed by atoms with Crippen molar-refractivity contribution < 1.29 is 14.3 Å². The molecule has 2 N–H and O–H groups in total. The smallest absolute Gasteiger partial charge is 0.306 e. The van der Waals surface area contributed by atoms with Gasteiger partial charge in [0, 0.05) is 18.9 Å². The number of esters is 1. The molecular weight excluding hydrogens is 374 g/mol. The van der Waals surface area contributed by atoms with Crippen molar-refractivity contribution in [2.24, 2.45) is 5.73 Å². The zero-order chi connectivity index (χ0) is 22.3. The molecule has 2 atom stereocenters. The van der Waals surface area contributed by atoms with Crippen molar-refractivity contribution in [3.63, 3.8) is 0 Å². The quantitative estimate of drug-likeness (QED) is 0.137. The number of hydrogen-bond donors (Lipinski definition) is 1. The van der Waals surface area contributed by atoms with Gasteiger partial charge in [0.25, 0.3) is 0 Å². The molecule has 0 bridgehead atoms. The third-order valence-electron chi connectivity index (χ3n) is 5.85. The van der Waals surface area contributed by atoms with E-state index in [9.17, 15) is 4.79 Å². The highest BCUT2D eigenvalue weighted by atomic mass is 16.5. The van der Waals surface area contributed by atoms with Crippen molar-refractivity contribution >= 4 is 5.97 Å². The van der Waals surface area contributed by atoms with Crippen LogP contribution < -0.4 is 5.73 Å². The van der Waals surface area contributed by atoms with Crippen LogP contribution in [0.4, 0.5) is 0 Å². The summed E-state index contributed by atoms with van der Waals surface area (Å²) in [6.07, 6.45) is 20.8. The standard InChI is InChI=1S/C26H53NO3/c1-4-7-9-11-12-13-14-16-18-20-26(28)30-25(19-17-15-10-8-5-2)21-22-29-23-24(27)6-3/h24-25H,4-23,27H2,1-3H3. The van der Waals surface area contributed by atoms with Crippen LogP contribution in [0.1, 0.15) is 136 Å². The highest BCUT2D eigenvalue weighted by Gasteiger charge is 2.14. The number of unbranched alkanes of at least 4 members (excludes halogenated alkanes) is 12. The molecule has 0 aromatic heterocycles. The molecule has 4 heteroatoms. The molecule has 0 aromatic rings. The first-order valence-corrected chi connectivity index (χ1v) is 13.2. The Bertz CT molecular complexity index is 362. The number of carbonyl (C=O) groups excluding carboxylic acids is 1. The van der Waals surface area contributed by atoms with E-state index in [1.165, 1.54) is 70.6 Å². The molecular formula is C26H53NO3. The molecule has 2 unspecified atom stereocenters. The third-order valence-corrected chi connectivity index (χ3v) is 5.85. The van der Waals surface area contributed by atoms with Gasteiger partial charge in [-0.2, -0.15) is 0 Å². The molecule has 0 saturated heterocycles. The lowest BCUT2D eigenvalue weighted by Crippen LogP contribution is -2.26. The molecule has 0 aromatic carbocycles. The van der Waals surface area contributed by atoms with E-state index in [2.05, 4.69) is 20.8 Å². The first-order chi connectivity index (χ1) is 14.6. The van der Waals surface area contributed by atoms with Crippen LogP contribution in [0.3, 0.4) is 0 Å². The lowest BCUT2D eigenvalue weighted by Gasteiger charge is -2.19.